The number of amidine groups is 1. The Balaban J connectivity index is 1.86. The summed E-state index contributed by atoms with van der Waals surface area (Å²) < 4.78 is 40.6. The van der Waals surface area contributed by atoms with Gasteiger partial charge in [-0.3, -0.25) is 9.89 Å². The van der Waals surface area contributed by atoms with E-state index < -0.39 is 22.8 Å². The first-order valence-corrected chi connectivity index (χ1v) is 9.93. The van der Waals surface area contributed by atoms with Crippen molar-refractivity contribution in [2.45, 2.75) is 37.9 Å². The van der Waals surface area contributed by atoms with Crippen molar-refractivity contribution in [2.75, 3.05) is 16.8 Å². The molecule has 0 unspecified atom stereocenters. The maximum atomic E-state index is 13.5. The van der Waals surface area contributed by atoms with Crippen LogP contribution in [0.25, 0.3) is 0 Å². The zero-order chi connectivity index (χ0) is 21.7. The minimum absolute atomic E-state index is 0.257. The van der Waals surface area contributed by atoms with Gasteiger partial charge in [-0.25, -0.2) is 0 Å². The zero-order valence-electron chi connectivity index (χ0n) is 16.5. The Morgan fingerprint density at radius 3 is 2.23 bits per heavy atom. The van der Waals surface area contributed by atoms with E-state index in [9.17, 15) is 13.2 Å². The van der Waals surface area contributed by atoms with Crippen LogP contribution in [0.3, 0.4) is 0 Å². The molecule has 2 aliphatic rings. The molecule has 4 nitrogen and oxygen atoms in total. The standard InChI is InChI=1S/C22H19F3N4S/c1-14-4-7-16(8-5-14)29-20(30)28(19(27-2)21(29)10-3-11-21)17-9-6-15(13-26)18(12-17)22(23,24)25/h4-9,12H,3,10-11H2,1-2H3/b27-19-. The molecule has 30 heavy (non-hydrogen) atoms. The zero-order valence-corrected chi connectivity index (χ0v) is 17.3. The average Bonchev–Trinajstić information content (AvgIpc) is 2.96. The summed E-state index contributed by atoms with van der Waals surface area (Å²) in [4.78, 5) is 8.09. The molecule has 154 valence electrons. The number of aliphatic imine (C=N–C) groups is 1. The third kappa shape index (κ3) is 2.96. The van der Waals surface area contributed by atoms with Crippen LogP contribution in [0.4, 0.5) is 24.5 Å². The second-order valence-electron chi connectivity index (χ2n) is 7.56. The van der Waals surface area contributed by atoms with Crippen LogP contribution in [-0.2, 0) is 6.18 Å². The molecular formula is C22H19F3N4S. The molecule has 2 fully saturated rings. The topological polar surface area (TPSA) is 42.6 Å². The fourth-order valence-electron chi connectivity index (χ4n) is 4.24. The third-order valence-corrected chi connectivity index (χ3v) is 6.18. The lowest BCUT2D eigenvalue weighted by Gasteiger charge is -2.44. The number of benzene rings is 2. The number of hydrogen-bond acceptors (Lipinski definition) is 3. The summed E-state index contributed by atoms with van der Waals surface area (Å²) in [7, 11) is 1.64. The smallest absolute Gasteiger partial charge is 0.305 e. The van der Waals surface area contributed by atoms with Crippen molar-refractivity contribution >= 4 is 34.5 Å². The summed E-state index contributed by atoms with van der Waals surface area (Å²) in [5.74, 6) is 0.636. The van der Waals surface area contributed by atoms with E-state index in [0.717, 1.165) is 36.6 Å². The van der Waals surface area contributed by atoms with Crippen LogP contribution in [0, 0.1) is 18.3 Å². The van der Waals surface area contributed by atoms with Crippen molar-refractivity contribution < 1.29 is 13.2 Å². The molecule has 2 aromatic rings. The Morgan fingerprint density at radius 2 is 1.73 bits per heavy atom. The Kier molecular flexibility index (Phi) is 4.82. The number of rotatable bonds is 2. The summed E-state index contributed by atoms with van der Waals surface area (Å²) in [5.41, 5.74) is 0.395. The van der Waals surface area contributed by atoms with Gasteiger partial charge < -0.3 is 4.90 Å². The highest BCUT2D eigenvalue weighted by Gasteiger charge is 2.57. The number of nitrogens with zero attached hydrogens (tertiary/aromatic N) is 4. The molecule has 1 saturated carbocycles. The van der Waals surface area contributed by atoms with Crippen LogP contribution < -0.4 is 9.80 Å². The van der Waals surface area contributed by atoms with Gasteiger partial charge in [0.05, 0.1) is 22.9 Å². The van der Waals surface area contributed by atoms with Crippen LogP contribution in [0.5, 0.6) is 0 Å². The average molecular weight is 428 g/mol. The lowest BCUT2D eigenvalue weighted by Crippen LogP contribution is -2.55. The predicted molar refractivity (Wildman–Crippen MR) is 115 cm³/mol. The van der Waals surface area contributed by atoms with Crippen LogP contribution >= 0.6 is 12.2 Å². The van der Waals surface area contributed by atoms with E-state index in [4.69, 9.17) is 17.5 Å². The summed E-state index contributed by atoms with van der Waals surface area (Å²) in [6.45, 7) is 1.99. The molecule has 0 N–H and O–H groups in total. The SMILES string of the molecule is C/N=C1\N(c2ccc(C#N)c(C(F)(F)F)c2)C(=S)N(c2ccc(C)cc2)C12CCC2. The van der Waals surface area contributed by atoms with Gasteiger partial charge in [-0.2, -0.15) is 18.4 Å². The number of halogens is 3. The van der Waals surface area contributed by atoms with Gasteiger partial charge in [0, 0.05) is 12.7 Å². The van der Waals surface area contributed by atoms with E-state index in [2.05, 4.69) is 4.99 Å². The fraction of sp³-hybridized carbons (Fsp3) is 0.318. The summed E-state index contributed by atoms with van der Waals surface area (Å²) in [5, 5.41) is 9.50. The minimum atomic E-state index is -4.64. The molecule has 8 heteroatoms. The van der Waals surface area contributed by atoms with Gasteiger partial charge in [-0.1, -0.05) is 17.7 Å². The second-order valence-corrected chi connectivity index (χ2v) is 7.93. The van der Waals surface area contributed by atoms with Crippen molar-refractivity contribution in [2.24, 2.45) is 4.99 Å². The maximum Gasteiger partial charge on any atom is 0.417 e. The number of hydrogen-bond donors (Lipinski definition) is 0. The molecule has 1 heterocycles. The Morgan fingerprint density at radius 1 is 1.10 bits per heavy atom. The molecule has 1 saturated heterocycles. The Labute approximate surface area is 178 Å². The number of thiocarbonyl (C=S) groups is 1. The van der Waals surface area contributed by atoms with Crippen molar-refractivity contribution in [3.8, 4) is 6.07 Å². The summed E-state index contributed by atoms with van der Waals surface area (Å²) >= 11 is 5.77. The van der Waals surface area contributed by atoms with Gasteiger partial charge in [0.15, 0.2) is 5.11 Å². The first kappa shape index (κ1) is 20.4. The van der Waals surface area contributed by atoms with Gasteiger partial charge in [0.1, 0.15) is 11.4 Å². The predicted octanol–water partition coefficient (Wildman–Crippen LogP) is 5.45. The summed E-state index contributed by atoms with van der Waals surface area (Å²) in [6, 6.07) is 13.2. The van der Waals surface area contributed by atoms with Crippen molar-refractivity contribution in [1.82, 2.24) is 0 Å². The van der Waals surface area contributed by atoms with Crippen molar-refractivity contribution in [3.63, 3.8) is 0 Å². The molecule has 1 spiro atoms. The maximum absolute atomic E-state index is 13.5. The van der Waals surface area contributed by atoms with Crippen LogP contribution in [-0.4, -0.2) is 23.5 Å². The van der Waals surface area contributed by atoms with E-state index in [-0.39, 0.29) is 5.69 Å². The first-order valence-electron chi connectivity index (χ1n) is 9.52. The number of aryl methyl sites for hydroxylation is 1. The highest BCUT2D eigenvalue weighted by molar-refractivity contribution is 7.81. The first-order chi connectivity index (χ1) is 14.2. The van der Waals surface area contributed by atoms with E-state index in [1.807, 2.05) is 36.1 Å². The van der Waals surface area contributed by atoms with E-state index >= 15 is 0 Å². The third-order valence-electron chi connectivity index (χ3n) is 5.81. The fourth-order valence-corrected chi connectivity index (χ4v) is 4.71. The van der Waals surface area contributed by atoms with Crippen LogP contribution in [0.2, 0.25) is 0 Å². The largest absolute Gasteiger partial charge is 0.417 e. The normalized spacial score (nSPS) is 19.3. The molecule has 1 aliphatic heterocycles. The monoisotopic (exact) mass is 428 g/mol. The van der Waals surface area contributed by atoms with Gasteiger partial charge in [-0.15, -0.1) is 0 Å². The van der Waals surface area contributed by atoms with Gasteiger partial charge in [0.25, 0.3) is 0 Å². The summed E-state index contributed by atoms with van der Waals surface area (Å²) in [6.07, 6.45) is -2.03. The number of anilines is 2. The molecule has 0 amide bonds. The molecule has 0 aromatic heterocycles. The molecule has 1 aliphatic carbocycles. The Bertz CT molecular complexity index is 1080. The second kappa shape index (κ2) is 7.10. The lowest BCUT2D eigenvalue weighted by atomic mass is 9.74. The van der Waals surface area contributed by atoms with Crippen LogP contribution in [0.15, 0.2) is 47.5 Å². The van der Waals surface area contributed by atoms with E-state index in [0.29, 0.717) is 10.9 Å². The highest BCUT2D eigenvalue weighted by atomic mass is 32.1. The lowest BCUT2D eigenvalue weighted by molar-refractivity contribution is -0.137. The molecule has 0 atom stereocenters. The number of alkyl halides is 3. The molecular weight excluding hydrogens is 409 g/mol. The van der Waals surface area contributed by atoms with E-state index in [1.54, 1.807) is 18.0 Å². The molecule has 0 bridgehead atoms. The van der Waals surface area contributed by atoms with E-state index in [1.165, 1.54) is 12.1 Å². The van der Waals surface area contributed by atoms with Crippen molar-refractivity contribution in [1.29, 1.82) is 5.26 Å². The van der Waals surface area contributed by atoms with Gasteiger partial charge in [-0.05, 0) is 68.7 Å². The minimum Gasteiger partial charge on any atom is -0.305 e. The van der Waals surface area contributed by atoms with Gasteiger partial charge in [0.2, 0.25) is 0 Å². The van der Waals surface area contributed by atoms with Gasteiger partial charge >= 0.3 is 6.18 Å². The Hall–Kier alpha value is -2.92. The molecule has 4 rings (SSSR count). The molecule has 0 radical (unpaired) electrons. The number of nitriles is 1. The highest BCUT2D eigenvalue weighted by Crippen LogP contribution is 2.49. The van der Waals surface area contributed by atoms with Crippen molar-refractivity contribution in [3.05, 3.63) is 59.2 Å². The van der Waals surface area contributed by atoms with Crippen LogP contribution in [0.1, 0.15) is 36.0 Å². The molecule has 2 aromatic carbocycles. The quantitative estimate of drug-likeness (QED) is 0.597.